The highest BCUT2D eigenvalue weighted by molar-refractivity contribution is 6.30. The van der Waals surface area contributed by atoms with Crippen LogP contribution in [0.3, 0.4) is 0 Å². The fourth-order valence-electron chi connectivity index (χ4n) is 3.30. The number of hydrogen-bond acceptors (Lipinski definition) is 2. The molecular weight excluding hydrogens is 320 g/mol. The van der Waals surface area contributed by atoms with E-state index in [4.69, 9.17) is 11.6 Å². The van der Waals surface area contributed by atoms with Gasteiger partial charge in [-0.25, -0.2) is 0 Å². The maximum atomic E-state index is 9.98. The number of aliphatic hydroxyl groups excluding tert-OH is 1. The van der Waals surface area contributed by atoms with Gasteiger partial charge in [-0.05, 0) is 59.9 Å². The Bertz CT molecular complexity index is 854. The van der Waals surface area contributed by atoms with Crippen molar-refractivity contribution in [3.63, 3.8) is 0 Å². The minimum absolute atomic E-state index is 0.242. The maximum Gasteiger partial charge on any atom is 0.108 e. The molecule has 122 valence electrons. The van der Waals surface area contributed by atoms with Crippen molar-refractivity contribution < 1.29 is 5.11 Å². The van der Waals surface area contributed by atoms with Gasteiger partial charge in [-0.2, -0.15) is 0 Å². The molecule has 0 saturated carbocycles. The van der Waals surface area contributed by atoms with Crippen molar-refractivity contribution in [2.75, 3.05) is 5.32 Å². The van der Waals surface area contributed by atoms with Crippen molar-refractivity contribution in [2.45, 2.75) is 25.4 Å². The van der Waals surface area contributed by atoms with Crippen LogP contribution in [0.1, 0.15) is 17.5 Å². The molecule has 0 bridgehead atoms. The molecule has 0 fully saturated rings. The Morgan fingerprint density at radius 2 is 1.88 bits per heavy atom. The van der Waals surface area contributed by atoms with Crippen molar-refractivity contribution in [1.29, 1.82) is 0 Å². The van der Waals surface area contributed by atoms with E-state index in [0.29, 0.717) is 6.42 Å². The van der Waals surface area contributed by atoms with Gasteiger partial charge in [-0.3, -0.25) is 0 Å². The molecule has 1 atom stereocenters. The predicted octanol–water partition coefficient (Wildman–Crippen LogP) is 4.93. The fourth-order valence-corrected chi connectivity index (χ4v) is 3.42. The topological polar surface area (TPSA) is 48.0 Å². The number of aliphatic hydroxyl groups is 1. The molecule has 1 aliphatic rings. The molecule has 1 aliphatic carbocycles. The van der Waals surface area contributed by atoms with Gasteiger partial charge in [0.2, 0.25) is 0 Å². The molecule has 4 rings (SSSR count). The van der Waals surface area contributed by atoms with E-state index in [2.05, 4.69) is 34.6 Å². The molecule has 0 aliphatic heterocycles. The average Bonchev–Trinajstić information content (AvgIpc) is 3.05. The molecule has 0 amide bonds. The molecule has 24 heavy (non-hydrogen) atoms. The summed E-state index contributed by atoms with van der Waals surface area (Å²) in [6.07, 6.45) is 2.25. The van der Waals surface area contributed by atoms with Crippen molar-refractivity contribution >= 4 is 23.1 Å². The average molecular weight is 339 g/mol. The molecule has 1 aromatic heterocycles. The van der Waals surface area contributed by atoms with Gasteiger partial charge in [0.1, 0.15) is 5.82 Å². The van der Waals surface area contributed by atoms with E-state index in [1.54, 1.807) is 0 Å². The second-order valence-corrected chi connectivity index (χ2v) is 6.69. The largest absolute Gasteiger partial charge is 0.393 e. The van der Waals surface area contributed by atoms with E-state index in [-0.39, 0.29) is 6.10 Å². The summed E-state index contributed by atoms with van der Waals surface area (Å²) in [5.41, 5.74) is 5.75. The number of hydrogen-bond donors (Lipinski definition) is 3. The van der Waals surface area contributed by atoms with Gasteiger partial charge in [-0.1, -0.05) is 35.9 Å². The highest BCUT2D eigenvalue weighted by atomic mass is 35.5. The van der Waals surface area contributed by atoms with Crippen LogP contribution < -0.4 is 5.32 Å². The van der Waals surface area contributed by atoms with Gasteiger partial charge in [0, 0.05) is 22.8 Å². The number of anilines is 2. The number of halogens is 1. The van der Waals surface area contributed by atoms with Gasteiger partial charge < -0.3 is 15.4 Å². The molecule has 0 radical (unpaired) electrons. The normalized spacial score (nSPS) is 16.7. The number of aromatic amines is 1. The Morgan fingerprint density at radius 3 is 2.71 bits per heavy atom. The third-order valence-corrected chi connectivity index (χ3v) is 4.82. The zero-order valence-electron chi connectivity index (χ0n) is 13.2. The number of nitrogens with one attached hydrogen (secondary N) is 2. The number of benzene rings is 2. The van der Waals surface area contributed by atoms with E-state index in [1.165, 1.54) is 11.1 Å². The number of aromatic nitrogens is 1. The highest BCUT2D eigenvalue weighted by Gasteiger charge is 2.19. The zero-order chi connectivity index (χ0) is 16.5. The predicted molar refractivity (Wildman–Crippen MR) is 99.0 cm³/mol. The SMILES string of the molecule is OC1CCc2cccc(Nc3ccc(-c4ccc(Cl)cc4)[nH]3)c2C1. The van der Waals surface area contributed by atoms with E-state index >= 15 is 0 Å². The van der Waals surface area contributed by atoms with Crippen LogP contribution in [-0.4, -0.2) is 16.2 Å². The number of aryl methyl sites for hydroxylation is 1. The minimum Gasteiger partial charge on any atom is -0.393 e. The van der Waals surface area contributed by atoms with E-state index in [1.807, 2.05) is 30.3 Å². The molecular formula is C20H19ClN2O. The van der Waals surface area contributed by atoms with E-state index in [9.17, 15) is 5.11 Å². The quantitative estimate of drug-likeness (QED) is 0.634. The minimum atomic E-state index is -0.242. The molecule has 1 heterocycles. The number of rotatable bonds is 3. The fraction of sp³-hybridized carbons (Fsp3) is 0.200. The number of fused-ring (bicyclic) bond motifs is 1. The van der Waals surface area contributed by atoms with Crippen LogP contribution in [0.25, 0.3) is 11.3 Å². The van der Waals surface area contributed by atoms with E-state index < -0.39 is 0 Å². The third kappa shape index (κ3) is 3.05. The zero-order valence-corrected chi connectivity index (χ0v) is 14.0. The maximum absolute atomic E-state index is 9.98. The molecule has 1 unspecified atom stereocenters. The lowest BCUT2D eigenvalue weighted by Crippen LogP contribution is -2.19. The van der Waals surface area contributed by atoms with Crippen molar-refractivity contribution in [3.8, 4) is 11.3 Å². The summed E-state index contributed by atoms with van der Waals surface area (Å²) < 4.78 is 0. The Kier molecular flexibility index (Phi) is 4.05. The summed E-state index contributed by atoms with van der Waals surface area (Å²) in [7, 11) is 0. The second-order valence-electron chi connectivity index (χ2n) is 6.26. The van der Waals surface area contributed by atoms with Gasteiger partial charge in [0.05, 0.1) is 6.10 Å². The smallest absolute Gasteiger partial charge is 0.108 e. The van der Waals surface area contributed by atoms with Gasteiger partial charge in [-0.15, -0.1) is 0 Å². The van der Waals surface area contributed by atoms with Gasteiger partial charge in [0.25, 0.3) is 0 Å². The van der Waals surface area contributed by atoms with Crippen LogP contribution in [-0.2, 0) is 12.8 Å². The molecule has 3 N–H and O–H groups in total. The third-order valence-electron chi connectivity index (χ3n) is 4.57. The first kappa shape index (κ1) is 15.3. The van der Waals surface area contributed by atoms with Crippen LogP contribution in [0.4, 0.5) is 11.5 Å². The van der Waals surface area contributed by atoms with E-state index in [0.717, 1.165) is 40.6 Å². The van der Waals surface area contributed by atoms with Crippen LogP contribution in [0, 0.1) is 0 Å². The Hall–Kier alpha value is -2.23. The Morgan fingerprint density at radius 1 is 1.04 bits per heavy atom. The highest BCUT2D eigenvalue weighted by Crippen LogP contribution is 2.31. The molecule has 2 aromatic carbocycles. The van der Waals surface area contributed by atoms with Crippen LogP contribution in [0.5, 0.6) is 0 Å². The lowest BCUT2D eigenvalue weighted by atomic mass is 9.88. The van der Waals surface area contributed by atoms with Crippen molar-refractivity contribution in [3.05, 3.63) is 70.7 Å². The summed E-state index contributed by atoms with van der Waals surface area (Å²) >= 11 is 5.95. The molecule has 3 aromatic rings. The summed E-state index contributed by atoms with van der Waals surface area (Å²) in [6, 6.07) is 18.1. The Balaban J connectivity index is 1.60. The molecule has 3 nitrogen and oxygen atoms in total. The molecule has 4 heteroatoms. The Labute approximate surface area is 146 Å². The monoisotopic (exact) mass is 338 g/mol. The first-order valence-electron chi connectivity index (χ1n) is 8.20. The lowest BCUT2D eigenvalue weighted by molar-refractivity contribution is 0.159. The summed E-state index contributed by atoms with van der Waals surface area (Å²) in [5.74, 6) is 0.938. The second kappa shape index (κ2) is 6.34. The number of H-pyrrole nitrogens is 1. The van der Waals surface area contributed by atoms with Crippen molar-refractivity contribution in [1.82, 2.24) is 4.98 Å². The van der Waals surface area contributed by atoms with Gasteiger partial charge in [0.15, 0.2) is 0 Å². The van der Waals surface area contributed by atoms with Crippen molar-refractivity contribution in [2.24, 2.45) is 0 Å². The summed E-state index contributed by atoms with van der Waals surface area (Å²) in [5, 5.41) is 14.2. The molecule has 0 saturated heterocycles. The summed E-state index contributed by atoms with van der Waals surface area (Å²) in [6.45, 7) is 0. The van der Waals surface area contributed by atoms with Gasteiger partial charge >= 0.3 is 0 Å². The van der Waals surface area contributed by atoms with Crippen LogP contribution in [0.2, 0.25) is 5.02 Å². The van der Waals surface area contributed by atoms with Crippen LogP contribution >= 0.6 is 11.6 Å². The first-order chi connectivity index (χ1) is 11.7. The standard InChI is InChI=1S/C20H19ClN2O/c21-15-7-4-14(5-8-15)18-10-11-20(22-18)23-19-3-1-2-13-6-9-16(24)12-17(13)19/h1-5,7-8,10-11,16,22-24H,6,9,12H2. The first-order valence-corrected chi connectivity index (χ1v) is 8.57. The molecule has 0 spiro atoms. The summed E-state index contributed by atoms with van der Waals surface area (Å²) in [4.78, 5) is 3.40. The lowest BCUT2D eigenvalue weighted by Gasteiger charge is -2.23. The van der Waals surface area contributed by atoms with Crippen LogP contribution in [0.15, 0.2) is 54.6 Å².